The lowest BCUT2D eigenvalue weighted by molar-refractivity contribution is -0.168. The van der Waals surface area contributed by atoms with E-state index in [1.54, 1.807) is 38.1 Å². The second-order valence-corrected chi connectivity index (χ2v) is 11.5. The molecular weight excluding hydrogens is 590 g/mol. The molecule has 2 aliphatic rings. The molecule has 1 aromatic heterocycles. The SMILES string of the molecule is Cc1nc(C)c(C(=O)N[C@H]2CN(C(=O)CO)c3ccccc3N(CC(=O)N[C@H]3CC(=O)OC3OCc3ccccc3)C2=O)s1. The maximum Gasteiger partial charge on any atom is 0.310 e. The smallest absolute Gasteiger partial charge is 0.310 e. The summed E-state index contributed by atoms with van der Waals surface area (Å²) in [6.45, 7) is 1.96. The molecule has 2 aromatic carbocycles. The van der Waals surface area contributed by atoms with Gasteiger partial charge in [0.05, 0.1) is 41.6 Å². The van der Waals surface area contributed by atoms with E-state index in [0.29, 0.717) is 15.6 Å². The van der Waals surface area contributed by atoms with Crippen LogP contribution in [0.15, 0.2) is 54.6 Å². The number of hydrogen-bond donors (Lipinski definition) is 3. The molecule has 0 aliphatic carbocycles. The van der Waals surface area contributed by atoms with Gasteiger partial charge in [-0.15, -0.1) is 11.3 Å². The van der Waals surface area contributed by atoms with Gasteiger partial charge in [0.1, 0.15) is 30.1 Å². The Bertz CT molecular complexity index is 1580. The third kappa shape index (κ3) is 6.77. The minimum absolute atomic E-state index is 0.124. The standard InChI is InChI=1S/C30H31N5O8S/c1-17-27(44-18(2)31-17)28(40)33-21-13-34(25(38)15-36)22-10-6-7-11-23(22)35(29(21)41)14-24(37)32-20-12-26(39)43-30(20)42-16-19-8-4-3-5-9-19/h3-11,20-21,30,36H,12-16H2,1-2H3,(H,32,37)(H,33,40)/t20-,21-,30?/m0/s1. The predicted octanol–water partition coefficient (Wildman–Crippen LogP) is 1.21. The van der Waals surface area contributed by atoms with Crippen molar-refractivity contribution in [1.82, 2.24) is 15.6 Å². The average Bonchev–Trinajstić information content (AvgIpc) is 3.52. The molecule has 0 radical (unpaired) electrons. The number of benzene rings is 2. The second-order valence-electron chi connectivity index (χ2n) is 10.3. The highest BCUT2D eigenvalue weighted by Gasteiger charge is 2.40. The summed E-state index contributed by atoms with van der Waals surface area (Å²) in [5.74, 6) is -3.06. The van der Waals surface area contributed by atoms with Crippen molar-refractivity contribution in [1.29, 1.82) is 0 Å². The summed E-state index contributed by atoms with van der Waals surface area (Å²) in [4.78, 5) is 72.5. The molecule has 14 heteroatoms. The number of esters is 1. The van der Waals surface area contributed by atoms with Gasteiger partial charge in [-0.25, -0.2) is 4.98 Å². The first-order chi connectivity index (χ1) is 21.1. The molecule has 0 bridgehead atoms. The molecule has 13 nitrogen and oxygen atoms in total. The maximum absolute atomic E-state index is 14.0. The molecule has 0 spiro atoms. The van der Waals surface area contributed by atoms with Gasteiger partial charge in [0, 0.05) is 0 Å². The highest BCUT2D eigenvalue weighted by atomic mass is 32.1. The largest absolute Gasteiger partial charge is 0.433 e. The average molecular weight is 622 g/mol. The number of aryl methyl sites for hydroxylation is 2. The zero-order chi connectivity index (χ0) is 31.4. The van der Waals surface area contributed by atoms with E-state index in [1.807, 2.05) is 30.3 Å². The number of hydrogen-bond acceptors (Lipinski definition) is 10. The van der Waals surface area contributed by atoms with Gasteiger partial charge < -0.3 is 30.1 Å². The summed E-state index contributed by atoms with van der Waals surface area (Å²) < 4.78 is 11.0. The summed E-state index contributed by atoms with van der Waals surface area (Å²) in [5, 5.41) is 15.8. The van der Waals surface area contributed by atoms with E-state index >= 15 is 0 Å². The fraction of sp³-hybridized carbons (Fsp3) is 0.333. The lowest BCUT2D eigenvalue weighted by atomic mass is 10.2. The number of carbonyl (C=O) groups excluding carboxylic acids is 5. The zero-order valence-corrected chi connectivity index (χ0v) is 24.8. The van der Waals surface area contributed by atoms with E-state index in [2.05, 4.69) is 15.6 Å². The Hall–Kier alpha value is -4.66. The Kier molecular flexibility index (Phi) is 9.32. The van der Waals surface area contributed by atoms with Crippen molar-refractivity contribution in [2.45, 2.75) is 45.2 Å². The molecule has 1 unspecified atom stereocenters. The van der Waals surface area contributed by atoms with Crippen LogP contribution in [0.25, 0.3) is 0 Å². The molecule has 2 aliphatic heterocycles. The van der Waals surface area contributed by atoms with Gasteiger partial charge in [-0.2, -0.15) is 0 Å². The van der Waals surface area contributed by atoms with E-state index in [-0.39, 0.29) is 30.9 Å². The molecule has 0 saturated carbocycles. The summed E-state index contributed by atoms with van der Waals surface area (Å²) in [7, 11) is 0. The maximum atomic E-state index is 14.0. The van der Waals surface area contributed by atoms with E-state index < -0.39 is 61.1 Å². The number of para-hydroxylation sites is 2. The lowest BCUT2D eigenvalue weighted by Gasteiger charge is -2.26. The summed E-state index contributed by atoms with van der Waals surface area (Å²) in [6.07, 6.45) is -1.16. The van der Waals surface area contributed by atoms with Gasteiger partial charge in [-0.1, -0.05) is 42.5 Å². The van der Waals surface area contributed by atoms with Gasteiger partial charge in [0.2, 0.25) is 12.2 Å². The number of fused-ring (bicyclic) bond motifs is 1. The van der Waals surface area contributed by atoms with E-state index in [1.165, 1.54) is 9.80 Å². The molecule has 230 valence electrons. The van der Waals surface area contributed by atoms with Gasteiger partial charge >= 0.3 is 5.97 Å². The van der Waals surface area contributed by atoms with Gasteiger partial charge in [0.15, 0.2) is 0 Å². The Morgan fingerprint density at radius 3 is 2.43 bits per heavy atom. The van der Waals surface area contributed by atoms with Crippen LogP contribution < -0.4 is 20.4 Å². The van der Waals surface area contributed by atoms with Crippen molar-refractivity contribution in [2.24, 2.45) is 0 Å². The van der Waals surface area contributed by atoms with Crippen molar-refractivity contribution in [3.8, 4) is 0 Å². The summed E-state index contributed by atoms with van der Waals surface area (Å²) >= 11 is 1.16. The number of carbonyl (C=O) groups is 5. The first-order valence-corrected chi connectivity index (χ1v) is 14.7. The van der Waals surface area contributed by atoms with Crippen molar-refractivity contribution < 1.29 is 38.6 Å². The van der Waals surface area contributed by atoms with Gasteiger partial charge in [-0.3, -0.25) is 28.9 Å². The van der Waals surface area contributed by atoms with Crippen LogP contribution in [-0.2, 0) is 35.3 Å². The van der Waals surface area contributed by atoms with E-state index in [4.69, 9.17) is 9.47 Å². The Balaban J connectivity index is 1.37. The van der Waals surface area contributed by atoms with Gasteiger partial charge in [0.25, 0.3) is 17.7 Å². The highest BCUT2D eigenvalue weighted by Crippen LogP contribution is 2.33. The minimum atomic E-state index is -1.27. The summed E-state index contributed by atoms with van der Waals surface area (Å²) in [5.41, 5.74) is 1.85. The third-order valence-electron chi connectivity index (χ3n) is 7.11. The molecule has 3 N–H and O–H groups in total. The molecule has 3 aromatic rings. The second kappa shape index (κ2) is 13.3. The van der Waals surface area contributed by atoms with Crippen molar-refractivity contribution in [3.63, 3.8) is 0 Å². The number of nitrogens with zero attached hydrogens (tertiary/aromatic N) is 3. The number of thiazole rings is 1. The van der Waals surface area contributed by atoms with Crippen molar-refractivity contribution >= 4 is 52.3 Å². The molecule has 3 heterocycles. The Morgan fingerprint density at radius 1 is 1.05 bits per heavy atom. The molecule has 1 fully saturated rings. The normalized spacial score (nSPS) is 19.7. The molecular formula is C30H31N5O8S. The molecule has 44 heavy (non-hydrogen) atoms. The quantitative estimate of drug-likeness (QED) is 0.298. The predicted molar refractivity (Wildman–Crippen MR) is 159 cm³/mol. The number of ether oxygens (including phenoxy) is 2. The fourth-order valence-electron chi connectivity index (χ4n) is 5.10. The van der Waals surface area contributed by atoms with E-state index in [0.717, 1.165) is 16.9 Å². The minimum Gasteiger partial charge on any atom is -0.433 e. The number of cyclic esters (lactones) is 1. The topological polar surface area (TPSA) is 167 Å². The lowest BCUT2D eigenvalue weighted by Crippen LogP contribution is -2.55. The monoisotopic (exact) mass is 621 g/mol. The Morgan fingerprint density at radius 2 is 1.75 bits per heavy atom. The first kappa shape index (κ1) is 30.8. The number of aliphatic hydroxyl groups excluding tert-OH is 1. The number of nitrogens with one attached hydrogen (secondary N) is 2. The van der Waals surface area contributed by atoms with Crippen LogP contribution in [0, 0.1) is 13.8 Å². The molecule has 3 atom stereocenters. The van der Waals surface area contributed by atoms with Crippen LogP contribution in [-0.4, -0.2) is 77.8 Å². The highest BCUT2D eigenvalue weighted by molar-refractivity contribution is 7.13. The van der Waals surface area contributed by atoms with Crippen LogP contribution >= 0.6 is 11.3 Å². The van der Waals surface area contributed by atoms with Gasteiger partial charge in [-0.05, 0) is 31.5 Å². The molecule has 1 saturated heterocycles. The number of aliphatic hydroxyl groups is 1. The number of rotatable bonds is 9. The number of aromatic nitrogens is 1. The third-order valence-corrected chi connectivity index (χ3v) is 8.18. The summed E-state index contributed by atoms with van der Waals surface area (Å²) in [6, 6.07) is 13.6. The molecule has 4 amide bonds. The van der Waals surface area contributed by atoms with Crippen LogP contribution in [0.3, 0.4) is 0 Å². The Labute approximate surface area is 256 Å². The first-order valence-electron chi connectivity index (χ1n) is 13.9. The van der Waals surface area contributed by atoms with Crippen molar-refractivity contribution in [3.05, 3.63) is 75.7 Å². The van der Waals surface area contributed by atoms with Crippen LogP contribution in [0.5, 0.6) is 0 Å². The number of anilines is 2. The zero-order valence-electron chi connectivity index (χ0n) is 24.0. The van der Waals surface area contributed by atoms with Crippen LogP contribution in [0.2, 0.25) is 0 Å². The van der Waals surface area contributed by atoms with Crippen molar-refractivity contribution in [2.75, 3.05) is 29.5 Å². The number of amides is 4. The van der Waals surface area contributed by atoms with Crippen LogP contribution in [0.1, 0.15) is 32.4 Å². The fourth-order valence-corrected chi connectivity index (χ4v) is 5.92. The molecule has 5 rings (SSSR count). The van der Waals surface area contributed by atoms with E-state index in [9.17, 15) is 29.1 Å². The van der Waals surface area contributed by atoms with Crippen LogP contribution in [0.4, 0.5) is 11.4 Å².